The van der Waals surface area contributed by atoms with Gasteiger partial charge in [0.1, 0.15) is 23.9 Å². The van der Waals surface area contributed by atoms with Gasteiger partial charge in [-0.1, -0.05) is 97.9 Å². The van der Waals surface area contributed by atoms with Crippen LogP contribution in [0.3, 0.4) is 0 Å². The third kappa shape index (κ3) is 6.03. The van der Waals surface area contributed by atoms with Crippen molar-refractivity contribution in [2.75, 3.05) is 0 Å². The van der Waals surface area contributed by atoms with Gasteiger partial charge in [0.05, 0.1) is 0 Å². The van der Waals surface area contributed by atoms with E-state index in [-0.39, 0.29) is 18.9 Å². The number of benzene rings is 4. The van der Waals surface area contributed by atoms with Crippen LogP contribution in [0.1, 0.15) is 30.0 Å². The normalized spacial score (nSPS) is 12.6. The number of nitrogens with two attached hydrogens (primary N) is 1. The van der Waals surface area contributed by atoms with Crippen LogP contribution in [-0.2, 0) is 26.1 Å². The van der Waals surface area contributed by atoms with E-state index >= 15 is 4.57 Å². The Labute approximate surface area is 227 Å². The molecule has 4 aromatic carbocycles. The van der Waals surface area contributed by atoms with Crippen LogP contribution in [-0.4, -0.2) is 17.3 Å². The van der Waals surface area contributed by atoms with Crippen LogP contribution in [0.2, 0.25) is 0 Å². The summed E-state index contributed by atoms with van der Waals surface area (Å²) in [5.41, 5.74) is 7.38. The van der Waals surface area contributed by atoms with Gasteiger partial charge in [0, 0.05) is 5.56 Å². The van der Waals surface area contributed by atoms with E-state index in [0.717, 1.165) is 10.6 Å². The first-order valence-electron chi connectivity index (χ1n) is 12.4. The molecule has 1 unspecified atom stereocenters. The number of hydroxylamine groups is 2. The van der Waals surface area contributed by atoms with Gasteiger partial charge >= 0.3 is 7.60 Å². The Morgan fingerprint density at radius 2 is 1.33 bits per heavy atom. The molecule has 0 heterocycles. The van der Waals surface area contributed by atoms with Gasteiger partial charge in [-0.15, -0.1) is 0 Å². The summed E-state index contributed by atoms with van der Waals surface area (Å²) in [7, 11) is -4.37. The van der Waals surface area contributed by atoms with Crippen LogP contribution in [0.4, 0.5) is 0 Å². The molecule has 0 radical (unpaired) electrons. The zero-order chi connectivity index (χ0) is 27.7. The fraction of sp³-hybridized carbons (Fsp3) is 0.133. The van der Waals surface area contributed by atoms with E-state index in [1.807, 2.05) is 42.5 Å². The van der Waals surface area contributed by atoms with Crippen molar-refractivity contribution in [2.24, 2.45) is 5.73 Å². The van der Waals surface area contributed by atoms with Crippen molar-refractivity contribution in [3.63, 3.8) is 0 Å². The number of nitrogens with one attached hydrogen (secondary N) is 1. The first-order chi connectivity index (χ1) is 18.9. The highest BCUT2D eigenvalue weighted by atomic mass is 31.2. The van der Waals surface area contributed by atoms with Crippen LogP contribution in [0.5, 0.6) is 11.5 Å². The molecule has 0 bridgehead atoms. The number of hydrogen-bond acceptors (Lipinski definition) is 6. The summed E-state index contributed by atoms with van der Waals surface area (Å²) in [4.78, 5) is 18.8. The minimum atomic E-state index is -4.37. The average Bonchev–Trinajstić information content (AvgIpc) is 2.97. The van der Waals surface area contributed by atoms with Gasteiger partial charge in [-0.25, -0.2) is 4.57 Å². The molecule has 0 spiro atoms. The lowest BCUT2D eigenvalue weighted by Gasteiger charge is -2.43. The monoisotopic (exact) mass is 543 g/mol. The Hall–Kier alpha value is -4.39. The predicted molar refractivity (Wildman–Crippen MR) is 150 cm³/mol. The molecule has 0 fully saturated rings. The molecule has 3 N–H and O–H groups in total. The lowest BCUT2D eigenvalue weighted by Crippen LogP contribution is -2.47. The van der Waals surface area contributed by atoms with E-state index in [1.165, 1.54) is 0 Å². The number of amidine groups is 1. The Balaban J connectivity index is 1.90. The summed E-state index contributed by atoms with van der Waals surface area (Å²) in [5.74, 6) is 0.466. The minimum Gasteiger partial charge on any atom is -0.414 e. The summed E-state index contributed by atoms with van der Waals surface area (Å²) in [6.45, 7) is 1.81. The third-order valence-electron chi connectivity index (χ3n) is 6.22. The molecular formula is C30H30N3O5P. The van der Waals surface area contributed by atoms with E-state index in [4.69, 9.17) is 25.0 Å². The van der Waals surface area contributed by atoms with Crippen LogP contribution in [0, 0.1) is 5.41 Å². The molecular weight excluding hydrogens is 513 g/mol. The van der Waals surface area contributed by atoms with Gasteiger partial charge in [-0.2, -0.15) is 5.06 Å². The van der Waals surface area contributed by atoms with Crippen LogP contribution in [0.25, 0.3) is 0 Å². The maximum absolute atomic E-state index is 15.2. The molecule has 9 heteroatoms. The van der Waals surface area contributed by atoms with Gasteiger partial charge < -0.3 is 14.8 Å². The first-order valence-corrected chi connectivity index (χ1v) is 13.9. The summed E-state index contributed by atoms with van der Waals surface area (Å²) < 4.78 is 27.7. The van der Waals surface area contributed by atoms with Gasteiger partial charge in [-0.05, 0) is 41.8 Å². The maximum Gasteiger partial charge on any atom is 0.463 e. The van der Waals surface area contributed by atoms with Crippen molar-refractivity contribution >= 4 is 19.8 Å². The fourth-order valence-electron chi connectivity index (χ4n) is 4.23. The SMILES string of the molecule is CCC(c1ccc(C(=N)N)cc1)(N(C=O)OCc1ccccc1)P(=O)(Oc1ccccc1)Oc1ccccc1. The Bertz CT molecular complexity index is 1370. The van der Waals surface area contributed by atoms with E-state index in [0.29, 0.717) is 29.0 Å². The molecule has 0 saturated carbocycles. The second kappa shape index (κ2) is 12.4. The lowest BCUT2D eigenvalue weighted by atomic mass is 10.0. The van der Waals surface area contributed by atoms with Gasteiger partial charge in [-0.3, -0.25) is 15.0 Å². The summed E-state index contributed by atoms with van der Waals surface area (Å²) in [5, 5.41) is 7.08. The van der Waals surface area contributed by atoms with Crippen molar-refractivity contribution in [3.8, 4) is 11.5 Å². The zero-order valence-corrected chi connectivity index (χ0v) is 22.4. The van der Waals surface area contributed by atoms with Gasteiger partial charge in [0.2, 0.25) is 11.7 Å². The van der Waals surface area contributed by atoms with Crippen LogP contribution in [0.15, 0.2) is 115 Å². The molecule has 200 valence electrons. The van der Waals surface area contributed by atoms with Crippen molar-refractivity contribution in [1.29, 1.82) is 5.41 Å². The minimum absolute atomic E-state index is 0.0313. The molecule has 0 aliphatic carbocycles. The summed E-state index contributed by atoms with van der Waals surface area (Å²) >= 11 is 0. The molecule has 1 atom stereocenters. The molecule has 8 nitrogen and oxygen atoms in total. The van der Waals surface area contributed by atoms with Gasteiger partial charge in [0.15, 0.2) is 0 Å². The fourth-order valence-corrected chi connectivity index (χ4v) is 6.57. The van der Waals surface area contributed by atoms with Crippen molar-refractivity contribution in [3.05, 3.63) is 132 Å². The number of amides is 1. The predicted octanol–water partition coefficient (Wildman–Crippen LogP) is 6.47. The Kier molecular flexibility index (Phi) is 8.81. The number of carbonyl (C=O) groups excluding carboxylic acids is 1. The number of nitrogen functional groups attached to an aromatic ring is 1. The molecule has 0 aliphatic rings. The molecule has 1 amide bonds. The topological polar surface area (TPSA) is 115 Å². The van der Waals surface area contributed by atoms with Crippen molar-refractivity contribution in [1.82, 2.24) is 5.06 Å². The molecule has 0 saturated heterocycles. The van der Waals surface area contributed by atoms with Crippen LogP contribution < -0.4 is 14.8 Å². The molecule has 4 rings (SSSR count). The Morgan fingerprint density at radius 3 is 1.77 bits per heavy atom. The van der Waals surface area contributed by atoms with Crippen molar-refractivity contribution in [2.45, 2.75) is 25.2 Å². The van der Waals surface area contributed by atoms with Crippen molar-refractivity contribution < 1.29 is 23.2 Å². The summed E-state index contributed by atoms with van der Waals surface area (Å²) in [6.07, 6.45) is 0.581. The van der Waals surface area contributed by atoms with E-state index < -0.39 is 12.9 Å². The largest absolute Gasteiger partial charge is 0.463 e. The second-order valence-corrected chi connectivity index (χ2v) is 10.8. The highest BCUT2D eigenvalue weighted by molar-refractivity contribution is 7.56. The third-order valence-corrected chi connectivity index (χ3v) is 8.80. The summed E-state index contributed by atoms with van der Waals surface area (Å²) in [6, 6.07) is 33.1. The van der Waals surface area contributed by atoms with Gasteiger partial charge in [0.25, 0.3) is 0 Å². The zero-order valence-electron chi connectivity index (χ0n) is 21.5. The lowest BCUT2D eigenvalue weighted by molar-refractivity contribution is -0.206. The quantitative estimate of drug-likeness (QED) is 0.0656. The Morgan fingerprint density at radius 1 is 0.846 bits per heavy atom. The highest BCUT2D eigenvalue weighted by Crippen LogP contribution is 2.66. The van der Waals surface area contributed by atoms with Crippen LogP contribution >= 0.6 is 7.60 Å². The first kappa shape index (κ1) is 27.6. The highest BCUT2D eigenvalue weighted by Gasteiger charge is 2.59. The second-order valence-electron chi connectivity index (χ2n) is 8.66. The van der Waals surface area contributed by atoms with E-state index in [2.05, 4.69) is 0 Å². The average molecular weight is 544 g/mol. The number of para-hydroxylation sites is 2. The maximum atomic E-state index is 15.2. The van der Waals surface area contributed by atoms with E-state index in [1.54, 1.807) is 79.7 Å². The number of rotatable bonds is 13. The smallest absolute Gasteiger partial charge is 0.414 e. The standard InChI is InChI=1S/C30H30N3O5P/c1-2-30(26-20-18-25(19-21-26)29(31)32,33(23-34)36-22-24-12-6-3-7-13-24)39(35,37-27-14-8-4-9-15-27)38-28-16-10-5-11-17-28/h3-21,23H,2,22H2,1H3,(H3,31,32). The molecule has 4 aromatic rings. The number of nitrogens with zero attached hydrogens (tertiary/aromatic N) is 1. The molecule has 0 aliphatic heterocycles. The number of carbonyl (C=O) groups is 1. The number of hydrogen-bond donors (Lipinski definition) is 2. The molecule has 39 heavy (non-hydrogen) atoms. The molecule has 0 aromatic heterocycles. The van der Waals surface area contributed by atoms with E-state index in [9.17, 15) is 4.79 Å².